The average molecular weight is 668 g/mol. The van der Waals surface area contributed by atoms with Crippen LogP contribution in [0.25, 0.3) is 21.7 Å². The van der Waals surface area contributed by atoms with Gasteiger partial charge in [0.1, 0.15) is 12.1 Å². The minimum absolute atomic E-state index is 0.0624. The minimum Gasteiger partial charge on any atom is -0.493 e. The van der Waals surface area contributed by atoms with E-state index in [1.165, 1.54) is 13.4 Å². The molecule has 0 fully saturated rings. The van der Waals surface area contributed by atoms with Crippen molar-refractivity contribution in [3.8, 4) is 23.1 Å². The fourth-order valence-corrected chi connectivity index (χ4v) is 5.17. The van der Waals surface area contributed by atoms with E-state index in [4.69, 9.17) is 19.9 Å². The molecule has 10 nitrogen and oxygen atoms in total. The number of rotatable bonds is 9. The fraction of sp³-hybridized carbons (Fsp3) is 0.111. The van der Waals surface area contributed by atoms with E-state index in [0.717, 1.165) is 29.1 Å². The Morgan fingerprint density at radius 3 is 2.29 bits per heavy atom. The first-order chi connectivity index (χ1) is 23.5. The van der Waals surface area contributed by atoms with E-state index in [1.54, 1.807) is 67.8 Å². The van der Waals surface area contributed by atoms with E-state index >= 15 is 0 Å². The van der Waals surface area contributed by atoms with E-state index in [9.17, 15) is 22.8 Å². The van der Waals surface area contributed by atoms with E-state index in [0.29, 0.717) is 45.0 Å². The van der Waals surface area contributed by atoms with Crippen LogP contribution in [-0.4, -0.2) is 36.0 Å². The lowest BCUT2D eigenvalue weighted by Crippen LogP contribution is -2.23. The van der Waals surface area contributed by atoms with Gasteiger partial charge in [-0.15, -0.1) is 0 Å². The number of hydrogen-bond acceptors (Lipinski definition) is 8. The molecule has 0 bridgehead atoms. The summed E-state index contributed by atoms with van der Waals surface area (Å²) < 4.78 is 55.7. The molecule has 0 spiro atoms. The third-order valence-electron chi connectivity index (χ3n) is 7.71. The first-order valence-corrected chi connectivity index (χ1v) is 14.8. The summed E-state index contributed by atoms with van der Waals surface area (Å²) in [6, 6.07) is 23.3. The van der Waals surface area contributed by atoms with Gasteiger partial charge in [0.05, 0.1) is 42.1 Å². The molecule has 1 aromatic heterocycles. The van der Waals surface area contributed by atoms with Crippen molar-refractivity contribution >= 4 is 44.9 Å². The second kappa shape index (κ2) is 13.4. The van der Waals surface area contributed by atoms with Gasteiger partial charge in [-0.3, -0.25) is 9.59 Å². The molecular weight excluding hydrogens is 639 g/mol. The Morgan fingerprint density at radius 1 is 0.816 bits per heavy atom. The molecule has 1 heterocycles. The molecule has 0 atom stereocenters. The van der Waals surface area contributed by atoms with Crippen molar-refractivity contribution in [2.24, 2.45) is 0 Å². The van der Waals surface area contributed by atoms with Crippen molar-refractivity contribution < 1.29 is 37.0 Å². The zero-order chi connectivity index (χ0) is 34.7. The van der Waals surface area contributed by atoms with Gasteiger partial charge in [-0.25, -0.2) is 9.97 Å². The van der Waals surface area contributed by atoms with Crippen molar-refractivity contribution in [2.75, 3.05) is 25.3 Å². The Hall–Kier alpha value is -6.37. The maximum absolute atomic E-state index is 13.2. The summed E-state index contributed by atoms with van der Waals surface area (Å²) in [5, 5.41) is 7.53. The zero-order valence-corrected chi connectivity index (χ0v) is 26.1. The van der Waals surface area contributed by atoms with Crippen LogP contribution in [0.1, 0.15) is 31.8 Å². The van der Waals surface area contributed by atoms with Crippen molar-refractivity contribution in [1.29, 1.82) is 0 Å². The van der Waals surface area contributed by atoms with Crippen molar-refractivity contribution in [1.82, 2.24) is 15.3 Å². The number of anilines is 2. The van der Waals surface area contributed by atoms with Gasteiger partial charge in [0.25, 0.3) is 11.8 Å². The third-order valence-corrected chi connectivity index (χ3v) is 7.71. The largest absolute Gasteiger partial charge is 0.493 e. The van der Waals surface area contributed by atoms with Crippen LogP contribution in [0, 0.1) is 0 Å². The molecule has 0 saturated carbocycles. The van der Waals surface area contributed by atoms with Gasteiger partial charge in [0, 0.05) is 23.7 Å². The quantitative estimate of drug-likeness (QED) is 0.136. The molecule has 0 aliphatic heterocycles. The van der Waals surface area contributed by atoms with Gasteiger partial charge < -0.3 is 30.6 Å². The predicted octanol–water partition coefficient (Wildman–Crippen LogP) is 7.38. The normalized spacial score (nSPS) is 11.3. The van der Waals surface area contributed by atoms with Gasteiger partial charge in [-0.2, -0.15) is 13.2 Å². The fourth-order valence-electron chi connectivity index (χ4n) is 5.17. The highest BCUT2D eigenvalue weighted by Gasteiger charge is 2.31. The highest BCUT2D eigenvalue weighted by molar-refractivity contribution is 6.07. The molecule has 6 rings (SSSR count). The number of hydrogen-bond donors (Lipinski definition) is 3. The Labute approximate surface area is 277 Å². The van der Waals surface area contributed by atoms with Crippen molar-refractivity contribution in [3.05, 3.63) is 120 Å². The summed E-state index contributed by atoms with van der Waals surface area (Å²) in [5.41, 5.74) is 6.72. The van der Waals surface area contributed by atoms with Crippen LogP contribution in [-0.2, 0) is 12.7 Å². The van der Waals surface area contributed by atoms with E-state index in [-0.39, 0.29) is 29.4 Å². The highest BCUT2D eigenvalue weighted by Crippen LogP contribution is 2.37. The molecular formula is C36H28F3N5O5. The van der Waals surface area contributed by atoms with E-state index in [1.807, 2.05) is 12.1 Å². The number of methoxy groups -OCH3 is 2. The molecule has 0 unspecified atom stereocenters. The molecule has 5 aromatic carbocycles. The average Bonchev–Trinajstić information content (AvgIpc) is 3.10. The summed E-state index contributed by atoms with van der Waals surface area (Å²) in [7, 11) is 3.08. The minimum atomic E-state index is -4.55. The second-order valence-electron chi connectivity index (χ2n) is 10.8. The van der Waals surface area contributed by atoms with Crippen molar-refractivity contribution in [2.45, 2.75) is 12.7 Å². The Kier molecular flexibility index (Phi) is 8.90. The molecule has 0 aliphatic carbocycles. The summed E-state index contributed by atoms with van der Waals surface area (Å²) in [6.45, 7) is 0.180. The first kappa shape index (κ1) is 32.6. The number of nitrogens with two attached hydrogens (primary N) is 1. The SMILES string of the molecule is COc1cc2ncnc(Oc3ccc4c(C(=O)NCc5ccc(C(=O)Nc6ccc(C(F)(F)F)cc6N)cc5)cccc4c3)c2cc1OC. The van der Waals surface area contributed by atoms with Gasteiger partial charge in [-0.05, 0) is 77.0 Å². The number of aromatic nitrogens is 2. The number of halogens is 3. The van der Waals surface area contributed by atoms with Gasteiger partial charge in [-0.1, -0.05) is 24.3 Å². The number of benzene rings is 5. The van der Waals surface area contributed by atoms with Gasteiger partial charge in [0.15, 0.2) is 11.5 Å². The summed E-state index contributed by atoms with van der Waals surface area (Å²) >= 11 is 0. The van der Waals surface area contributed by atoms with E-state index < -0.39 is 17.6 Å². The van der Waals surface area contributed by atoms with Crippen molar-refractivity contribution in [3.63, 3.8) is 0 Å². The maximum atomic E-state index is 13.2. The monoisotopic (exact) mass is 667 g/mol. The number of ether oxygens (including phenoxy) is 3. The molecule has 13 heteroatoms. The Balaban J connectivity index is 1.12. The lowest BCUT2D eigenvalue weighted by atomic mass is 10.0. The summed E-state index contributed by atoms with van der Waals surface area (Å²) in [5.74, 6) is 1.01. The number of nitrogen functional groups attached to an aromatic ring is 1. The smallest absolute Gasteiger partial charge is 0.416 e. The second-order valence-corrected chi connectivity index (χ2v) is 10.8. The van der Waals surface area contributed by atoms with Crippen LogP contribution in [0.3, 0.4) is 0 Å². The number of alkyl halides is 3. The molecule has 49 heavy (non-hydrogen) atoms. The molecule has 0 radical (unpaired) electrons. The molecule has 6 aromatic rings. The number of carbonyl (C=O) groups excluding carboxylic acids is 2. The maximum Gasteiger partial charge on any atom is 0.416 e. The van der Waals surface area contributed by atoms with E-state index in [2.05, 4.69) is 20.6 Å². The van der Waals surface area contributed by atoms with Crippen LogP contribution in [0.2, 0.25) is 0 Å². The predicted molar refractivity (Wildman–Crippen MR) is 178 cm³/mol. The Morgan fingerprint density at radius 2 is 1.57 bits per heavy atom. The van der Waals surface area contributed by atoms with Crippen LogP contribution in [0.15, 0.2) is 97.3 Å². The molecule has 248 valence electrons. The van der Waals surface area contributed by atoms with Crippen LogP contribution < -0.4 is 30.6 Å². The third kappa shape index (κ3) is 7.00. The highest BCUT2D eigenvalue weighted by atomic mass is 19.4. The molecule has 4 N–H and O–H groups in total. The van der Waals surface area contributed by atoms with Gasteiger partial charge in [0.2, 0.25) is 5.88 Å². The number of amides is 2. The number of nitrogens with zero attached hydrogens (tertiary/aromatic N) is 2. The number of nitrogens with one attached hydrogen (secondary N) is 2. The number of fused-ring (bicyclic) bond motifs is 2. The molecule has 2 amide bonds. The van der Waals surface area contributed by atoms with Crippen LogP contribution in [0.5, 0.6) is 23.1 Å². The summed E-state index contributed by atoms with van der Waals surface area (Å²) in [6.07, 6.45) is -3.15. The zero-order valence-electron chi connectivity index (χ0n) is 26.1. The molecule has 0 aliphatic rings. The number of carbonyl (C=O) groups is 2. The topological polar surface area (TPSA) is 138 Å². The lowest BCUT2D eigenvalue weighted by Gasteiger charge is -2.13. The Bertz CT molecular complexity index is 2210. The first-order valence-electron chi connectivity index (χ1n) is 14.8. The lowest BCUT2D eigenvalue weighted by molar-refractivity contribution is -0.137. The van der Waals surface area contributed by atoms with Crippen LogP contribution in [0.4, 0.5) is 24.5 Å². The standard InChI is InChI=1S/C36H28F3N5O5/c1-47-31-16-27-30(17-32(31)48-2)42-19-43-35(27)49-24-11-12-25-22(14-24)4-3-5-26(25)34(46)41-18-20-6-8-21(9-7-20)33(45)44-29-13-10-23(15-28(29)40)36(37,38)39/h3-17,19H,18,40H2,1-2H3,(H,41,46)(H,44,45). The van der Waals surface area contributed by atoms with Crippen LogP contribution >= 0.6 is 0 Å². The molecule has 0 saturated heterocycles. The van der Waals surface area contributed by atoms with Gasteiger partial charge >= 0.3 is 6.18 Å². The summed E-state index contributed by atoms with van der Waals surface area (Å²) in [4.78, 5) is 34.5.